The molecular weight excluding hydrogens is 1350 g/mol. The van der Waals surface area contributed by atoms with Gasteiger partial charge in [0.05, 0.1) is 26.4 Å². The first kappa shape index (κ1) is 102. The molecule has 5 atom stereocenters. The maximum Gasteiger partial charge on any atom is 0.472 e. The van der Waals surface area contributed by atoms with Gasteiger partial charge in [-0.1, -0.05) is 386 Å². The fourth-order valence-corrected chi connectivity index (χ4v) is 14.4. The van der Waals surface area contributed by atoms with Crippen molar-refractivity contribution in [3.8, 4) is 0 Å². The number of ether oxygens (including phenoxy) is 4. The van der Waals surface area contributed by atoms with E-state index in [0.717, 1.165) is 103 Å². The van der Waals surface area contributed by atoms with Crippen molar-refractivity contribution in [2.45, 2.75) is 457 Å². The number of esters is 4. The van der Waals surface area contributed by atoms with Gasteiger partial charge in [-0.15, -0.1) is 0 Å². The van der Waals surface area contributed by atoms with Crippen molar-refractivity contribution >= 4 is 39.5 Å². The molecule has 0 aromatic rings. The Balaban J connectivity index is 5.25. The SMILES string of the molecule is CCCCCC/C=C\C=C/CCCCCCCC(=O)O[C@H](COC(=O)CCCCCCCCCCCC)COP(=O)(O)OC[C@H](O)COP(=O)(O)OC[C@@H](COC(=O)CCCCCCCCCCCCCCCCCCCCC)OC(=O)CCCCCCCCCCCCCCCCCCCCCC. The summed E-state index contributed by atoms with van der Waals surface area (Å²) in [4.78, 5) is 73.1. The number of allylic oxidation sites excluding steroid dienone is 4. The van der Waals surface area contributed by atoms with Crippen LogP contribution in [0, 0.1) is 0 Å². The summed E-state index contributed by atoms with van der Waals surface area (Å²) in [6.45, 7) is 4.97. The molecule has 0 saturated heterocycles. The Labute approximate surface area is 637 Å². The van der Waals surface area contributed by atoms with Gasteiger partial charge in [0, 0.05) is 25.7 Å². The second-order valence-electron chi connectivity index (χ2n) is 29.9. The van der Waals surface area contributed by atoms with Gasteiger partial charge in [0.1, 0.15) is 19.3 Å². The topological polar surface area (TPSA) is 237 Å². The van der Waals surface area contributed by atoms with Gasteiger partial charge in [0.25, 0.3) is 0 Å². The van der Waals surface area contributed by atoms with Crippen LogP contribution in [0.3, 0.4) is 0 Å². The molecule has 17 nitrogen and oxygen atoms in total. The molecule has 0 bridgehead atoms. The van der Waals surface area contributed by atoms with E-state index < -0.39 is 97.5 Å². The highest BCUT2D eigenvalue weighted by atomic mass is 31.2. The van der Waals surface area contributed by atoms with Crippen LogP contribution in [0.4, 0.5) is 0 Å². The van der Waals surface area contributed by atoms with Crippen LogP contribution >= 0.6 is 15.6 Å². The fraction of sp³-hybridized carbons (Fsp3) is 0.906. The number of aliphatic hydroxyl groups excluding tert-OH is 1. The minimum atomic E-state index is -4.97. The fourth-order valence-electron chi connectivity index (χ4n) is 12.8. The minimum Gasteiger partial charge on any atom is -0.462 e. The molecule has 0 aliphatic heterocycles. The number of hydrogen-bond acceptors (Lipinski definition) is 15. The quantitative estimate of drug-likeness (QED) is 0.0169. The van der Waals surface area contributed by atoms with E-state index in [-0.39, 0.29) is 25.7 Å². The lowest BCUT2D eigenvalue weighted by Crippen LogP contribution is -2.30. The molecule has 0 radical (unpaired) electrons. The van der Waals surface area contributed by atoms with Crippen LogP contribution in [0.1, 0.15) is 439 Å². The zero-order chi connectivity index (χ0) is 76.0. The highest BCUT2D eigenvalue weighted by Crippen LogP contribution is 2.45. The second kappa shape index (κ2) is 78.7. The predicted octanol–water partition coefficient (Wildman–Crippen LogP) is 25.7. The molecule has 0 amide bonds. The molecular formula is C85H162O17P2. The van der Waals surface area contributed by atoms with Crippen LogP contribution in [0.25, 0.3) is 0 Å². The van der Waals surface area contributed by atoms with E-state index in [1.54, 1.807) is 0 Å². The van der Waals surface area contributed by atoms with E-state index >= 15 is 0 Å². The Kier molecular flexibility index (Phi) is 76.8. The Bertz CT molecular complexity index is 2060. The van der Waals surface area contributed by atoms with Crippen molar-refractivity contribution in [1.29, 1.82) is 0 Å². The summed E-state index contributed by atoms with van der Waals surface area (Å²) in [7, 11) is -9.94. The summed E-state index contributed by atoms with van der Waals surface area (Å²) < 4.78 is 68.8. The average Bonchev–Trinajstić information content (AvgIpc) is 0.949. The van der Waals surface area contributed by atoms with Crippen LogP contribution in [0.15, 0.2) is 24.3 Å². The summed E-state index contributed by atoms with van der Waals surface area (Å²) in [5, 5.41) is 10.7. The van der Waals surface area contributed by atoms with Crippen molar-refractivity contribution in [3.63, 3.8) is 0 Å². The Morgan fingerprint density at radius 1 is 0.269 bits per heavy atom. The van der Waals surface area contributed by atoms with Gasteiger partial charge in [0.15, 0.2) is 12.2 Å². The molecule has 0 aromatic heterocycles. The van der Waals surface area contributed by atoms with E-state index in [2.05, 4.69) is 52.0 Å². The van der Waals surface area contributed by atoms with Crippen LogP contribution in [-0.2, 0) is 65.4 Å². The summed E-state index contributed by atoms with van der Waals surface area (Å²) >= 11 is 0. The van der Waals surface area contributed by atoms with E-state index in [1.165, 1.54) is 257 Å². The number of hydrogen-bond donors (Lipinski definition) is 3. The molecule has 0 heterocycles. The zero-order valence-corrected chi connectivity index (χ0v) is 69.3. The number of unbranched alkanes of at least 4 members (excludes halogenated alkanes) is 55. The standard InChI is InChI=1S/C85H162O17P2/c1-5-9-13-17-21-25-29-32-35-37-39-41-43-46-49-52-56-60-64-68-72-85(90)102-81(76-96-83(88)70-66-62-58-54-50-47-45-42-40-38-36-33-30-26-22-18-14-10-6-2)78-100-104(93,94)98-74-79(86)73-97-103(91,92)99-77-80(75-95-82(87)69-65-61-57-53-28-24-20-16-12-8-4)101-84(89)71-67-63-59-55-51-48-44-34-31-27-23-19-15-11-7-3/h27,31,34,44,79-81,86H,5-26,28-30,32-33,35-43,45-78H2,1-4H3,(H,91,92)(H,93,94)/b31-27-,44-34-/t79-,80+,81+/m0/s1. The molecule has 104 heavy (non-hydrogen) atoms. The molecule has 614 valence electrons. The Morgan fingerprint density at radius 2 is 0.462 bits per heavy atom. The molecule has 2 unspecified atom stereocenters. The molecule has 0 aromatic carbocycles. The van der Waals surface area contributed by atoms with Gasteiger partial charge >= 0.3 is 39.5 Å². The Hall–Kier alpha value is -2.46. The van der Waals surface area contributed by atoms with E-state index in [0.29, 0.717) is 25.7 Å². The first-order valence-corrected chi connectivity index (χ1v) is 46.6. The van der Waals surface area contributed by atoms with E-state index in [4.69, 9.17) is 37.0 Å². The highest BCUT2D eigenvalue weighted by molar-refractivity contribution is 7.47. The predicted molar refractivity (Wildman–Crippen MR) is 428 cm³/mol. The molecule has 0 aliphatic rings. The van der Waals surface area contributed by atoms with Crippen molar-refractivity contribution in [3.05, 3.63) is 24.3 Å². The average molecular weight is 1520 g/mol. The molecule has 0 fully saturated rings. The van der Waals surface area contributed by atoms with Gasteiger partial charge in [-0.3, -0.25) is 37.3 Å². The molecule has 0 rings (SSSR count). The van der Waals surface area contributed by atoms with Gasteiger partial charge in [-0.25, -0.2) is 9.13 Å². The summed E-state index contributed by atoms with van der Waals surface area (Å²) in [5.74, 6) is -2.13. The lowest BCUT2D eigenvalue weighted by molar-refractivity contribution is -0.161. The largest absolute Gasteiger partial charge is 0.472 e. The number of rotatable bonds is 84. The number of carbonyl (C=O) groups excluding carboxylic acids is 4. The van der Waals surface area contributed by atoms with Crippen molar-refractivity contribution in [1.82, 2.24) is 0 Å². The molecule has 0 spiro atoms. The Morgan fingerprint density at radius 3 is 0.702 bits per heavy atom. The number of carbonyl (C=O) groups is 4. The summed E-state index contributed by atoms with van der Waals surface area (Å²) in [6, 6.07) is 0. The number of phosphoric ester groups is 2. The van der Waals surface area contributed by atoms with Crippen molar-refractivity contribution < 1.29 is 80.2 Å². The summed E-state index contributed by atoms with van der Waals surface area (Å²) in [6.07, 6.45) is 75.8. The van der Waals surface area contributed by atoms with Crippen molar-refractivity contribution in [2.75, 3.05) is 39.6 Å². The second-order valence-corrected chi connectivity index (χ2v) is 32.8. The van der Waals surface area contributed by atoms with Crippen LogP contribution < -0.4 is 0 Å². The normalized spacial score (nSPS) is 13.9. The maximum absolute atomic E-state index is 13.1. The van der Waals surface area contributed by atoms with Gasteiger partial charge < -0.3 is 33.8 Å². The number of aliphatic hydroxyl groups is 1. The van der Waals surface area contributed by atoms with Gasteiger partial charge in [0.2, 0.25) is 0 Å². The van der Waals surface area contributed by atoms with E-state index in [9.17, 15) is 43.2 Å². The number of phosphoric acid groups is 2. The molecule has 3 N–H and O–H groups in total. The van der Waals surface area contributed by atoms with Crippen molar-refractivity contribution in [2.24, 2.45) is 0 Å². The third-order valence-electron chi connectivity index (χ3n) is 19.5. The van der Waals surface area contributed by atoms with E-state index in [1.807, 2.05) is 0 Å². The monoisotopic (exact) mass is 1520 g/mol. The molecule has 0 aliphatic carbocycles. The first-order chi connectivity index (χ1) is 50.7. The molecule has 0 saturated carbocycles. The zero-order valence-electron chi connectivity index (χ0n) is 67.5. The van der Waals surface area contributed by atoms with Gasteiger partial charge in [-0.05, 0) is 51.4 Å². The smallest absolute Gasteiger partial charge is 0.462 e. The third kappa shape index (κ3) is 77.7. The summed E-state index contributed by atoms with van der Waals surface area (Å²) in [5.41, 5.74) is 0. The lowest BCUT2D eigenvalue weighted by atomic mass is 10.0. The van der Waals surface area contributed by atoms with Crippen LogP contribution in [0.2, 0.25) is 0 Å². The minimum absolute atomic E-state index is 0.0858. The molecule has 19 heteroatoms. The lowest BCUT2D eigenvalue weighted by Gasteiger charge is -2.21. The highest BCUT2D eigenvalue weighted by Gasteiger charge is 2.30. The maximum atomic E-state index is 13.1. The van der Waals surface area contributed by atoms with Crippen LogP contribution in [0.5, 0.6) is 0 Å². The van der Waals surface area contributed by atoms with Gasteiger partial charge in [-0.2, -0.15) is 0 Å². The third-order valence-corrected chi connectivity index (χ3v) is 21.4. The van der Waals surface area contributed by atoms with Crippen LogP contribution in [-0.4, -0.2) is 96.7 Å². The first-order valence-electron chi connectivity index (χ1n) is 43.6.